The molecule has 0 spiro atoms. The molecule has 0 aliphatic carbocycles. The lowest BCUT2D eigenvalue weighted by atomic mass is 10.1. The van der Waals surface area contributed by atoms with Gasteiger partial charge in [-0.15, -0.1) is 0 Å². The van der Waals surface area contributed by atoms with E-state index in [4.69, 9.17) is 23.6 Å². The molecule has 0 aromatic carbocycles. The van der Waals surface area contributed by atoms with Crippen molar-refractivity contribution in [2.24, 2.45) is 0 Å². The highest BCUT2D eigenvalue weighted by Gasteiger charge is 2.26. The Kier molecular flexibility index (Phi) is 39.3. The molecule has 0 bridgehead atoms. The molecule has 3 unspecified atom stereocenters. The second-order valence-corrected chi connectivity index (χ2v) is 15.8. The fraction of sp³-hybridized carbons (Fsp3) is 0.837. The third-order valence-corrected chi connectivity index (χ3v) is 10.00. The van der Waals surface area contributed by atoms with Gasteiger partial charge >= 0.3 is 13.8 Å². The molecule has 0 aliphatic rings. The van der Waals surface area contributed by atoms with Gasteiger partial charge in [0.05, 0.1) is 26.4 Å². The zero-order valence-corrected chi connectivity index (χ0v) is 34.9. The van der Waals surface area contributed by atoms with Gasteiger partial charge < -0.3 is 24.6 Å². The van der Waals surface area contributed by atoms with E-state index in [2.05, 4.69) is 50.3 Å². The molecule has 0 aromatic heterocycles. The van der Waals surface area contributed by atoms with Crippen LogP contribution in [-0.4, -0.2) is 66.3 Å². The fourth-order valence-electron chi connectivity index (χ4n) is 5.73. The summed E-state index contributed by atoms with van der Waals surface area (Å²) in [4.78, 5) is 22.6. The number of rotatable bonds is 41. The molecule has 0 fully saturated rings. The fourth-order valence-corrected chi connectivity index (χ4v) is 6.52. The van der Waals surface area contributed by atoms with E-state index in [1.54, 1.807) is 0 Å². The van der Waals surface area contributed by atoms with Crippen LogP contribution in [0, 0.1) is 0 Å². The Bertz CT molecular complexity index is 923. The van der Waals surface area contributed by atoms with Gasteiger partial charge in [-0.1, -0.05) is 147 Å². The van der Waals surface area contributed by atoms with Crippen LogP contribution in [0.3, 0.4) is 0 Å². The van der Waals surface area contributed by atoms with Crippen LogP contribution < -0.4 is 0 Å². The van der Waals surface area contributed by atoms with E-state index in [9.17, 15) is 19.4 Å². The van der Waals surface area contributed by atoms with Gasteiger partial charge in [0.2, 0.25) is 0 Å². The second kappa shape index (κ2) is 40.3. The van der Waals surface area contributed by atoms with Gasteiger partial charge in [-0.05, 0) is 70.6 Å². The average Bonchev–Trinajstić information content (AvgIpc) is 3.15. The van der Waals surface area contributed by atoms with Gasteiger partial charge in [0.1, 0.15) is 12.2 Å². The van der Waals surface area contributed by atoms with E-state index < -0.39 is 39.2 Å². The van der Waals surface area contributed by atoms with Crippen LogP contribution >= 0.6 is 7.82 Å². The third kappa shape index (κ3) is 40.2. The van der Waals surface area contributed by atoms with E-state index >= 15 is 0 Å². The first-order valence-corrected chi connectivity index (χ1v) is 23.0. The SMILES string of the molecule is CCCCCC/C=C\C/C=C\CCCCCCCCCC(=O)OC(COCCCCCCCC/C=C\CCCCCC)COP(=O)(O)OCC(O)CO. The van der Waals surface area contributed by atoms with Crippen molar-refractivity contribution in [2.45, 2.75) is 199 Å². The van der Waals surface area contributed by atoms with E-state index in [1.165, 1.54) is 103 Å². The van der Waals surface area contributed by atoms with Crippen molar-refractivity contribution in [3.05, 3.63) is 36.5 Å². The quantitative estimate of drug-likeness (QED) is 0.0240. The average molecular weight is 773 g/mol. The minimum Gasteiger partial charge on any atom is -0.457 e. The Labute approximate surface area is 325 Å². The van der Waals surface area contributed by atoms with Crippen LogP contribution in [0.1, 0.15) is 187 Å². The molecule has 0 radical (unpaired) electrons. The summed E-state index contributed by atoms with van der Waals surface area (Å²) in [5.74, 6) is -0.393. The smallest absolute Gasteiger partial charge is 0.457 e. The van der Waals surface area contributed by atoms with Crippen molar-refractivity contribution in [1.29, 1.82) is 0 Å². The van der Waals surface area contributed by atoms with Crippen LogP contribution in [-0.2, 0) is 27.9 Å². The summed E-state index contributed by atoms with van der Waals surface area (Å²) in [5.41, 5.74) is 0. The first-order valence-electron chi connectivity index (χ1n) is 21.5. The second-order valence-electron chi connectivity index (χ2n) is 14.4. The number of aliphatic hydroxyl groups is 2. The number of allylic oxidation sites excluding steroid dienone is 6. The summed E-state index contributed by atoms with van der Waals surface area (Å²) < 4.78 is 33.3. The van der Waals surface area contributed by atoms with Crippen molar-refractivity contribution < 1.29 is 43.0 Å². The Morgan fingerprint density at radius 3 is 1.53 bits per heavy atom. The predicted molar refractivity (Wildman–Crippen MR) is 219 cm³/mol. The number of hydrogen-bond donors (Lipinski definition) is 3. The maximum absolute atomic E-state index is 12.6. The minimum absolute atomic E-state index is 0.0425. The van der Waals surface area contributed by atoms with Crippen molar-refractivity contribution in [3.8, 4) is 0 Å². The minimum atomic E-state index is -4.52. The number of carbonyl (C=O) groups is 1. The van der Waals surface area contributed by atoms with Crippen LogP contribution in [0.2, 0.25) is 0 Å². The summed E-state index contributed by atoms with van der Waals surface area (Å²) in [5, 5.41) is 18.3. The van der Waals surface area contributed by atoms with E-state index in [0.717, 1.165) is 64.2 Å². The summed E-state index contributed by atoms with van der Waals surface area (Å²) in [6.07, 6.45) is 42.4. The summed E-state index contributed by atoms with van der Waals surface area (Å²) in [6.45, 7) is 3.47. The molecule has 0 aliphatic heterocycles. The van der Waals surface area contributed by atoms with Crippen molar-refractivity contribution in [3.63, 3.8) is 0 Å². The third-order valence-electron chi connectivity index (χ3n) is 9.05. The summed E-state index contributed by atoms with van der Waals surface area (Å²) in [6, 6.07) is 0. The first-order chi connectivity index (χ1) is 25.8. The number of carbonyl (C=O) groups excluding carboxylic acids is 1. The Hall–Kier alpha value is -1.32. The number of hydrogen-bond acceptors (Lipinski definition) is 8. The van der Waals surface area contributed by atoms with E-state index in [1.807, 2.05) is 0 Å². The van der Waals surface area contributed by atoms with E-state index in [-0.39, 0.29) is 19.6 Å². The lowest BCUT2D eigenvalue weighted by Gasteiger charge is -2.20. The zero-order valence-electron chi connectivity index (χ0n) is 34.0. The molecule has 3 N–H and O–H groups in total. The summed E-state index contributed by atoms with van der Waals surface area (Å²) >= 11 is 0. The normalized spacial score (nSPS) is 14.4. The molecule has 0 aromatic rings. The largest absolute Gasteiger partial charge is 0.472 e. The number of ether oxygens (including phenoxy) is 2. The lowest BCUT2D eigenvalue weighted by Crippen LogP contribution is -2.29. The standard InChI is InChI=1S/C43H81O9P/c1-3-5-7-9-11-13-15-17-19-20-21-22-23-25-27-29-31-33-35-43(46)52-42(40-51-53(47,48)50-38-41(45)37-44)39-49-36-34-32-30-28-26-24-18-16-14-12-10-8-6-4-2/h13-16,19-20,41-42,44-45H,3-12,17-18,21-40H2,1-2H3,(H,47,48)/b15-13-,16-14-,20-19-. The number of phosphoric ester groups is 1. The van der Waals surface area contributed by atoms with Crippen molar-refractivity contribution >= 4 is 13.8 Å². The maximum atomic E-state index is 12.6. The molecule has 3 atom stereocenters. The number of esters is 1. The molecule has 9 nitrogen and oxygen atoms in total. The van der Waals surface area contributed by atoms with Gasteiger partial charge in [0.25, 0.3) is 0 Å². The molecule has 0 heterocycles. The molecule has 53 heavy (non-hydrogen) atoms. The van der Waals surface area contributed by atoms with E-state index in [0.29, 0.717) is 6.61 Å². The Balaban J connectivity index is 4.19. The number of unbranched alkanes of at least 4 members (excludes halogenated alkanes) is 21. The van der Waals surface area contributed by atoms with Crippen LogP contribution in [0.4, 0.5) is 0 Å². The topological polar surface area (TPSA) is 132 Å². The highest BCUT2D eigenvalue weighted by molar-refractivity contribution is 7.47. The van der Waals surface area contributed by atoms with Crippen LogP contribution in [0.15, 0.2) is 36.5 Å². The monoisotopic (exact) mass is 773 g/mol. The van der Waals surface area contributed by atoms with Gasteiger partial charge in [-0.2, -0.15) is 0 Å². The molecular formula is C43H81O9P. The maximum Gasteiger partial charge on any atom is 0.472 e. The summed E-state index contributed by atoms with van der Waals surface area (Å²) in [7, 11) is -4.52. The number of phosphoric acid groups is 1. The van der Waals surface area contributed by atoms with Crippen LogP contribution in [0.5, 0.6) is 0 Å². The molecule has 0 amide bonds. The molecule has 0 saturated carbocycles. The molecular weight excluding hydrogens is 691 g/mol. The lowest BCUT2D eigenvalue weighted by molar-refractivity contribution is -0.154. The molecule has 312 valence electrons. The van der Waals surface area contributed by atoms with Gasteiger partial charge in [0.15, 0.2) is 0 Å². The predicted octanol–water partition coefficient (Wildman–Crippen LogP) is 11.6. The van der Waals surface area contributed by atoms with Gasteiger partial charge in [0, 0.05) is 13.0 Å². The molecule has 0 rings (SSSR count). The molecule has 0 saturated heterocycles. The van der Waals surface area contributed by atoms with Crippen molar-refractivity contribution in [1.82, 2.24) is 0 Å². The van der Waals surface area contributed by atoms with Crippen LogP contribution in [0.25, 0.3) is 0 Å². The first kappa shape index (κ1) is 51.7. The van der Waals surface area contributed by atoms with Crippen molar-refractivity contribution in [2.75, 3.05) is 33.0 Å². The highest BCUT2D eigenvalue weighted by Crippen LogP contribution is 2.43. The van der Waals surface area contributed by atoms with Gasteiger partial charge in [-0.25, -0.2) is 4.57 Å². The Morgan fingerprint density at radius 2 is 1.02 bits per heavy atom. The Morgan fingerprint density at radius 1 is 0.585 bits per heavy atom. The highest BCUT2D eigenvalue weighted by atomic mass is 31.2. The zero-order chi connectivity index (χ0) is 38.9. The molecule has 10 heteroatoms. The number of aliphatic hydroxyl groups excluding tert-OH is 2. The van der Waals surface area contributed by atoms with Gasteiger partial charge in [-0.3, -0.25) is 13.8 Å².